The van der Waals surface area contributed by atoms with Crippen molar-refractivity contribution in [1.29, 1.82) is 0 Å². The summed E-state index contributed by atoms with van der Waals surface area (Å²) in [5.41, 5.74) is 2.16. The van der Waals surface area contributed by atoms with Crippen molar-refractivity contribution in [2.45, 2.75) is 23.6 Å². The summed E-state index contributed by atoms with van der Waals surface area (Å²) in [6, 6.07) is 12.9. The largest absolute Gasteiger partial charge is 0.365 e. The zero-order chi connectivity index (χ0) is 18.9. The molecule has 3 rings (SSSR count). The van der Waals surface area contributed by atoms with E-state index in [9.17, 15) is 18.0 Å². The third-order valence-electron chi connectivity index (χ3n) is 3.93. The number of thioether (sulfide) groups is 1. The summed E-state index contributed by atoms with van der Waals surface area (Å²) >= 11 is 0.875. The molecule has 1 aliphatic rings. The van der Waals surface area contributed by atoms with Crippen LogP contribution in [0.15, 0.2) is 53.4 Å². The minimum Gasteiger partial charge on any atom is -0.365 e. The van der Waals surface area contributed by atoms with E-state index in [4.69, 9.17) is 5.14 Å². The number of carbonyl (C=O) groups excluding carboxylic acids is 2. The first-order valence-electron chi connectivity index (χ1n) is 7.82. The molecule has 0 aromatic heterocycles. The third-order valence-corrected chi connectivity index (χ3v) is 5.80. The monoisotopic (exact) mass is 391 g/mol. The fourth-order valence-electron chi connectivity index (χ4n) is 2.51. The van der Waals surface area contributed by atoms with Crippen molar-refractivity contribution in [1.82, 2.24) is 0 Å². The van der Waals surface area contributed by atoms with E-state index in [0.29, 0.717) is 11.4 Å². The lowest BCUT2D eigenvalue weighted by Gasteiger charge is -2.15. The molecule has 9 heteroatoms. The predicted octanol–water partition coefficient (Wildman–Crippen LogP) is 2.53. The predicted molar refractivity (Wildman–Crippen MR) is 102 cm³/mol. The zero-order valence-electron chi connectivity index (χ0n) is 13.9. The normalized spacial score (nSPS) is 17.6. The summed E-state index contributed by atoms with van der Waals surface area (Å²) in [4.78, 5) is 26.0. The van der Waals surface area contributed by atoms with Crippen LogP contribution >= 0.6 is 11.8 Å². The van der Waals surface area contributed by atoms with E-state index in [2.05, 4.69) is 5.32 Å². The summed E-state index contributed by atoms with van der Waals surface area (Å²) in [6.45, 7) is 2.03. The topological polar surface area (TPSA) is 110 Å². The van der Waals surface area contributed by atoms with E-state index in [1.165, 1.54) is 24.3 Å². The molecule has 2 aromatic rings. The van der Waals surface area contributed by atoms with Gasteiger partial charge in [-0.25, -0.2) is 18.5 Å². The van der Waals surface area contributed by atoms with Crippen molar-refractivity contribution in [3.05, 3.63) is 54.1 Å². The molecule has 0 unspecified atom stereocenters. The Morgan fingerprint density at radius 3 is 2.23 bits per heavy atom. The van der Waals surface area contributed by atoms with Gasteiger partial charge in [0.1, 0.15) is 0 Å². The van der Waals surface area contributed by atoms with Gasteiger partial charge in [-0.1, -0.05) is 19.1 Å². The zero-order valence-corrected chi connectivity index (χ0v) is 15.5. The number of nitrogens with zero attached hydrogens (tertiary/aromatic N) is 1. The highest BCUT2D eigenvalue weighted by atomic mass is 32.2. The lowest BCUT2D eigenvalue weighted by molar-refractivity contribution is -0.116. The van der Waals surface area contributed by atoms with Crippen LogP contribution in [-0.4, -0.2) is 24.9 Å². The van der Waals surface area contributed by atoms with Crippen LogP contribution in [0.25, 0.3) is 0 Å². The van der Waals surface area contributed by atoms with E-state index < -0.39 is 15.4 Å². The van der Waals surface area contributed by atoms with Crippen LogP contribution in [0.3, 0.4) is 0 Å². The number of aryl methyl sites for hydroxylation is 1. The van der Waals surface area contributed by atoms with Gasteiger partial charge >= 0.3 is 0 Å². The van der Waals surface area contributed by atoms with Crippen LogP contribution in [0.4, 0.5) is 16.2 Å². The van der Waals surface area contributed by atoms with Crippen molar-refractivity contribution < 1.29 is 18.0 Å². The molecule has 136 valence electrons. The lowest BCUT2D eigenvalue weighted by Crippen LogP contribution is -2.34. The molecule has 3 N–H and O–H groups in total. The van der Waals surface area contributed by atoms with Crippen LogP contribution in [0.2, 0.25) is 0 Å². The Balaban J connectivity index is 1.76. The summed E-state index contributed by atoms with van der Waals surface area (Å²) < 4.78 is 22.6. The van der Waals surface area contributed by atoms with Crippen LogP contribution in [-0.2, 0) is 21.2 Å². The minimum atomic E-state index is -3.78. The molecule has 2 aromatic carbocycles. The van der Waals surface area contributed by atoms with Gasteiger partial charge in [0, 0.05) is 5.69 Å². The molecule has 0 radical (unpaired) electrons. The number of rotatable bonds is 5. The van der Waals surface area contributed by atoms with E-state index >= 15 is 0 Å². The SMILES string of the molecule is CCc1ccc(N2C(=O)S[C@H](Nc3ccc(S(N)(=O)=O)cc3)C2=O)cc1. The Morgan fingerprint density at radius 2 is 1.69 bits per heavy atom. The number of hydrogen-bond acceptors (Lipinski definition) is 6. The van der Waals surface area contributed by atoms with Crippen molar-refractivity contribution >= 4 is 44.3 Å². The molecule has 1 fully saturated rings. The van der Waals surface area contributed by atoms with Gasteiger partial charge in [-0.15, -0.1) is 0 Å². The first-order valence-corrected chi connectivity index (χ1v) is 10.2. The molecule has 1 atom stereocenters. The first-order chi connectivity index (χ1) is 12.3. The van der Waals surface area contributed by atoms with Crippen molar-refractivity contribution in [2.24, 2.45) is 5.14 Å². The van der Waals surface area contributed by atoms with Gasteiger partial charge < -0.3 is 5.32 Å². The number of imide groups is 1. The van der Waals surface area contributed by atoms with Crippen LogP contribution in [0, 0.1) is 0 Å². The Bertz CT molecular complexity index is 941. The highest BCUT2D eigenvalue weighted by Crippen LogP contribution is 2.32. The standard InChI is InChI=1S/C17H17N3O4S2/c1-2-11-3-7-13(8-4-11)20-16(21)15(25-17(20)22)19-12-5-9-14(10-6-12)26(18,23)24/h3-10,15,19H,2H2,1H3,(H2,18,23,24)/t15-/m0/s1. The Hall–Kier alpha value is -2.36. The van der Waals surface area contributed by atoms with Crippen LogP contribution in [0.1, 0.15) is 12.5 Å². The summed E-state index contributed by atoms with van der Waals surface area (Å²) in [5, 5.41) is 6.85. The maximum absolute atomic E-state index is 12.6. The highest BCUT2D eigenvalue weighted by molar-refractivity contribution is 8.16. The Kier molecular flexibility index (Phi) is 5.03. The van der Waals surface area contributed by atoms with Crippen molar-refractivity contribution in [3.63, 3.8) is 0 Å². The molecular formula is C17H17N3O4S2. The molecule has 0 saturated carbocycles. The molecule has 0 spiro atoms. The fourth-order valence-corrected chi connectivity index (χ4v) is 3.93. The molecule has 7 nitrogen and oxygen atoms in total. The van der Waals surface area contributed by atoms with Gasteiger partial charge in [-0.2, -0.15) is 0 Å². The fraction of sp³-hybridized carbons (Fsp3) is 0.176. The molecule has 2 amide bonds. The number of benzene rings is 2. The van der Waals surface area contributed by atoms with E-state index in [0.717, 1.165) is 28.6 Å². The first kappa shape index (κ1) is 18.4. The third kappa shape index (κ3) is 3.74. The second kappa shape index (κ2) is 7.10. The maximum atomic E-state index is 12.6. The quantitative estimate of drug-likeness (QED) is 0.810. The van der Waals surface area contributed by atoms with Crippen molar-refractivity contribution in [3.8, 4) is 0 Å². The molecule has 1 aliphatic heterocycles. The van der Waals surface area contributed by atoms with Crippen molar-refractivity contribution in [2.75, 3.05) is 10.2 Å². The molecule has 0 bridgehead atoms. The van der Waals surface area contributed by atoms with Gasteiger partial charge in [-0.3, -0.25) is 9.59 Å². The molecular weight excluding hydrogens is 374 g/mol. The van der Waals surface area contributed by atoms with Gasteiger partial charge in [0.15, 0.2) is 5.37 Å². The second-order valence-electron chi connectivity index (χ2n) is 5.67. The molecule has 0 aliphatic carbocycles. The van der Waals surface area contributed by atoms with Gasteiger partial charge in [0.25, 0.3) is 11.1 Å². The van der Waals surface area contributed by atoms with Gasteiger partial charge in [0.05, 0.1) is 10.6 Å². The number of amides is 2. The van der Waals surface area contributed by atoms with Gasteiger partial charge in [-0.05, 0) is 60.1 Å². The average molecular weight is 391 g/mol. The number of anilines is 2. The number of nitrogens with two attached hydrogens (primary N) is 1. The van der Waals surface area contributed by atoms with E-state index in [1.54, 1.807) is 12.1 Å². The average Bonchev–Trinajstić information content (AvgIpc) is 2.88. The number of sulfonamides is 1. The maximum Gasteiger partial charge on any atom is 0.295 e. The van der Waals surface area contributed by atoms with Crippen LogP contribution in [0.5, 0.6) is 0 Å². The number of hydrogen-bond donors (Lipinski definition) is 2. The minimum absolute atomic E-state index is 0.0258. The van der Waals surface area contributed by atoms with E-state index in [1.807, 2.05) is 19.1 Å². The molecule has 26 heavy (non-hydrogen) atoms. The number of nitrogens with one attached hydrogen (secondary N) is 1. The number of carbonyl (C=O) groups is 2. The number of primary sulfonamides is 1. The smallest absolute Gasteiger partial charge is 0.295 e. The summed E-state index contributed by atoms with van der Waals surface area (Å²) in [5.74, 6) is -0.375. The summed E-state index contributed by atoms with van der Waals surface area (Å²) in [7, 11) is -3.78. The second-order valence-corrected chi connectivity index (χ2v) is 8.29. The molecule has 1 heterocycles. The Morgan fingerprint density at radius 1 is 1.08 bits per heavy atom. The summed E-state index contributed by atoms with van der Waals surface area (Å²) in [6.07, 6.45) is 0.871. The van der Waals surface area contributed by atoms with E-state index in [-0.39, 0.29) is 16.0 Å². The van der Waals surface area contributed by atoms with Crippen LogP contribution < -0.4 is 15.4 Å². The highest BCUT2D eigenvalue weighted by Gasteiger charge is 2.40. The molecule has 1 saturated heterocycles. The lowest BCUT2D eigenvalue weighted by atomic mass is 10.1. The van der Waals surface area contributed by atoms with Gasteiger partial charge in [0.2, 0.25) is 10.0 Å². The Labute approximate surface area is 155 Å².